The summed E-state index contributed by atoms with van der Waals surface area (Å²) in [7, 11) is 0. The molecule has 0 unspecified atom stereocenters. The minimum atomic E-state index is 0.307. The van der Waals surface area contributed by atoms with Gasteiger partial charge in [-0.05, 0) is 30.1 Å². The van der Waals surface area contributed by atoms with E-state index in [1.165, 1.54) is 18.4 Å². The first-order valence-electron chi connectivity index (χ1n) is 4.87. The van der Waals surface area contributed by atoms with Crippen LogP contribution >= 0.6 is 0 Å². The van der Waals surface area contributed by atoms with Gasteiger partial charge in [-0.25, -0.2) is 0 Å². The van der Waals surface area contributed by atoms with Crippen LogP contribution in [0.25, 0.3) is 0 Å². The van der Waals surface area contributed by atoms with Crippen molar-refractivity contribution in [3.05, 3.63) is 12.2 Å². The van der Waals surface area contributed by atoms with Gasteiger partial charge in [-0.1, -0.05) is 26.0 Å². The highest BCUT2D eigenvalue weighted by Crippen LogP contribution is 2.62. The molecule has 0 aromatic carbocycles. The Kier molecular flexibility index (Phi) is 1.63. The Morgan fingerprint density at radius 3 is 2.58 bits per heavy atom. The van der Waals surface area contributed by atoms with Crippen molar-refractivity contribution >= 4 is 0 Å². The van der Waals surface area contributed by atoms with Crippen molar-refractivity contribution in [3.63, 3.8) is 0 Å². The first kappa shape index (κ1) is 8.31. The Morgan fingerprint density at radius 2 is 2.17 bits per heavy atom. The van der Waals surface area contributed by atoms with E-state index in [1.807, 2.05) is 0 Å². The molecule has 3 rings (SSSR count). The Morgan fingerprint density at radius 1 is 1.50 bits per heavy atom. The lowest BCUT2D eigenvalue weighted by atomic mass is 9.45. The van der Waals surface area contributed by atoms with Crippen molar-refractivity contribution in [2.45, 2.75) is 26.7 Å². The molecule has 0 heterocycles. The highest BCUT2D eigenvalue weighted by atomic mass is 16.3. The number of aliphatic hydroxyl groups excluding tert-OH is 1. The third-order valence-corrected chi connectivity index (χ3v) is 4.23. The molecule has 2 bridgehead atoms. The highest BCUT2D eigenvalue weighted by Gasteiger charge is 2.54. The standard InChI is InChI=1S/C11H18O/c1-7-8(6-12)4-9-5-10(7)11(9,2)3/h8-10,12H,1,4-6H2,2-3H3/t8-,9-,10+/m0/s1. The molecule has 3 aliphatic carbocycles. The van der Waals surface area contributed by atoms with Gasteiger partial charge in [-0.15, -0.1) is 0 Å². The molecule has 0 amide bonds. The van der Waals surface area contributed by atoms with Crippen LogP contribution in [0.1, 0.15) is 26.7 Å². The molecule has 3 saturated carbocycles. The first-order valence-corrected chi connectivity index (χ1v) is 4.87. The zero-order valence-electron chi connectivity index (χ0n) is 8.01. The zero-order valence-corrected chi connectivity index (χ0v) is 8.01. The maximum Gasteiger partial charge on any atom is 0.0496 e. The molecule has 3 aliphatic rings. The molecule has 0 radical (unpaired) electrons. The van der Waals surface area contributed by atoms with Gasteiger partial charge in [-0.3, -0.25) is 0 Å². The van der Waals surface area contributed by atoms with Crippen molar-refractivity contribution in [2.75, 3.05) is 6.61 Å². The molecular weight excluding hydrogens is 148 g/mol. The lowest BCUT2D eigenvalue weighted by molar-refractivity contribution is -0.0546. The molecule has 1 heteroatoms. The van der Waals surface area contributed by atoms with Gasteiger partial charge in [0.05, 0.1) is 0 Å². The van der Waals surface area contributed by atoms with E-state index in [0.717, 1.165) is 5.92 Å². The predicted molar refractivity (Wildman–Crippen MR) is 49.7 cm³/mol. The van der Waals surface area contributed by atoms with E-state index >= 15 is 0 Å². The van der Waals surface area contributed by atoms with Crippen LogP contribution in [0.3, 0.4) is 0 Å². The Labute approximate surface area is 74.5 Å². The van der Waals surface area contributed by atoms with E-state index in [1.54, 1.807) is 0 Å². The van der Waals surface area contributed by atoms with Crippen LogP contribution in [0.4, 0.5) is 0 Å². The third kappa shape index (κ3) is 0.832. The number of rotatable bonds is 1. The van der Waals surface area contributed by atoms with Crippen molar-refractivity contribution in [1.82, 2.24) is 0 Å². The highest BCUT2D eigenvalue weighted by molar-refractivity contribution is 5.22. The number of hydrogen-bond donors (Lipinski definition) is 1. The minimum absolute atomic E-state index is 0.307. The average molecular weight is 166 g/mol. The van der Waals surface area contributed by atoms with Crippen molar-refractivity contribution < 1.29 is 5.11 Å². The largest absolute Gasteiger partial charge is 0.396 e. The van der Waals surface area contributed by atoms with Crippen LogP contribution in [-0.4, -0.2) is 11.7 Å². The van der Waals surface area contributed by atoms with Crippen LogP contribution in [0, 0.1) is 23.2 Å². The van der Waals surface area contributed by atoms with Crippen LogP contribution in [-0.2, 0) is 0 Å². The molecule has 3 fully saturated rings. The molecule has 1 nitrogen and oxygen atoms in total. The maximum atomic E-state index is 9.11. The summed E-state index contributed by atoms with van der Waals surface area (Å²) in [6, 6.07) is 0. The van der Waals surface area contributed by atoms with Crippen molar-refractivity contribution in [3.8, 4) is 0 Å². The minimum Gasteiger partial charge on any atom is -0.396 e. The summed E-state index contributed by atoms with van der Waals surface area (Å²) in [6.45, 7) is 9.10. The molecule has 3 atom stereocenters. The van der Waals surface area contributed by atoms with E-state index in [0.29, 0.717) is 23.9 Å². The molecule has 0 aromatic heterocycles. The molecule has 0 aliphatic heterocycles. The topological polar surface area (TPSA) is 20.2 Å². The van der Waals surface area contributed by atoms with Gasteiger partial charge >= 0.3 is 0 Å². The van der Waals surface area contributed by atoms with Gasteiger partial charge in [0.25, 0.3) is 0 Å². The van der Waals surface area contributed by atoms with E-state index in [2.05, 4.69) is 20.4 Å². The second-order valence-electron chi connectivity index (χ2n) is 5.00. The van der Waals surface area contributed by atoms with E-state index in [4.69, 9.17) is 5.11 Å². The number of fused-ring (bicyclic) bond motifs is 2. The Hall–Kier alpha value is -0.300. The molecule has 0 saturated heterocycles. The predicted octanol–water partition coefficient (Wildman–Crippen LogP) is 2.22. The summed E-state index contributed by atoms with van der Waals surface area (Å²) in [5, 5.41) is 9.11. The fraction of sp³-hybridized carbons (Fsp3) is 0.818. The molecule has 12 heavy (non-hydrogen) atoms. The van der Waals surface area contributed by atoms with Gasteiger partial charge in [0.2, 0.25) is 0 Å². The first-order chi connectivity index (χ1) is 5.57. The Balaban J connectivity index is 2.17. The summed E-state index contributed by atoms with van der Waals surface area (Å²) in [4.78, 5) is 0. The summed E-state index contributed by atoms with van der Waals surface area (Å²) >= 11 is 0. The van der Waals surface area contributed by atoms with Crippen LogP contribution in [0.15, 0.2) is 12.2 Å². The smallest absolute Gasteiger partial charge is 0.0496 e. The zero-order chi connectivity index (χ0) is 8.93. The van der Waals surface area contributed by atoms with Crippen molar-refractivity contribution in [2.24, 2.45) is 23.2 Å². The monoisotopic (exact) mass is 166 g/mol. The van der Waals surface area contributed by atoms with Crippen molar-refractivity contribution in [1.29, 1.82) is 0 Å². The van der Waals surface area contributed by atoms with Crippen LogP contribution in [0.5, 0.6) is 0 Å². The molecule has 0 spiro atoms. The van der Waals surface area contributed by atoms with E-state index in [9.17, 15) is 0 Å². The lowest BCUT2D eigenvalue weighted by Gasteiger charge is -2.59. The number of hydrogen-bond acceptors (Lipinski definition) is 1. The molecule has 0 aromatic rings. The second kappa shape index (κ2) is 2.35. The Bertz CT molecular complexity index is 217. The second-order valence-corrected chi connectivity index (χ2v) is 5.00. The lowest BCUT2D eigenvalue weighted by Crippen LogP contribution is -2.52. The van der Waals surface area contributed by atoms with Gasteiger partial charge in [0, 0.05) is 12.5 Å². The normalized spacial score (nSPS) is 43.9. The van der Waals surface area contributed by atoms with E-state index in [-0.39, 0.29) is 0 Å². The summed E-state index contributed by atoms with van der Waals surface area (Å²) in [5.74, 6) is 1.93. The molecule has 1 N–H and O–H groups in total. The summed E-state index contributed by atoms with van der Waals surface area (Å²) < 4.78 is 0. The fourth-order valence-corrected chi connectivity index (χ4v) is 3.02. The van der Waals surface area contributed by atoms with Crippen LogP contribution in [0.2, 0.25) is 0 Å². The quantitative estimate of drug-likeness (QED) is 0.592. The van der Waals surface area contributed by atoms with Gasteiger partial charge in [0.1, 0.15) is 0 Å². The SMILES string of the molecule is C=C1[C@H](CO)C[C@H]2C[C@H]1C2(C)C. The summed E-state index contributed by atoms with van der Waals surface area (Å²) in [6.07, 6.45) is 2.49. The maximum absolute atomic E-state index is 9.11. The summed E-state index contributed by atoms with van der Waals surface area (Å²) in [5.41, 5.74) is 1.79. The average Bonchev–Trinajstić information content (AvgIpc) is 2.03. The van der Waals surface area contributed by atoms with Gasteiger partial charge in [-0.2, -0.15) is 0 Å². The van der Waals surface area contributed by atoms with E-state index < -0.39 is 0 Å². The third-order valence-electron chi connectivity index (χ3n) is 4.23. The van der Waals surface area contributed by atoms with Gasteiger partial charge < -0.3 is 5.11 Å². The van der Waals surface area contributed by atoms with Gasteiger partial charge in [0.15, 0.2) is 0 Å². The van der Waals surface area contributed by atoms with Crippen LogP contribution < -0.4 is 0 Å². The number of aliphatic hydroxyl groups is 1. The fourth-order valence-electron chi connectivity index (χ4n) is 3.02. The molecular formula is C11H18O. The molecule has 68 valence electrons.